The summed E-state index contributed by atoms with van der Waals surface area (Å²) in [5.74, 6) is 0. The minimum Gasteiger partial charge on any atom is -0.381 e. The Bertz CT molecular complexity index is 354. The van der Waals surface area contributed by atoms with Crippen LogP contribution in [0.2, 0.25) is 0 Å². The summed E-state index contributed by atoms with van der Waals surface area (Å²) in [6.07, 6.45) is 1.70. The summed E-state index contributed by atoms with van der Waals surface area (Å²) >= 11 is 0. The molecule has 1 aromatic heterocycles. The molecule has 3 nitrogen and oxygen atoms in total. The van der Waals surface area contributed by atoms with Crippen molar-refractivity contribution in [2.75, 3.05) is 5.32 Å². The van der Waals surface area contributed by atoms with Crippen molar-refractivity contribution >= 4 is 5.69 Å². The molecule has 0 fully saturated rings. The maximum Gasteiger partial charge on any atom is 0.140 e. The van der Waals surface area contributed by atoms with E-state index >= 15 is 0 Å². The molecule has 0 aromatic carbocycles. The van der Waals surface area contributed by atoms with Crippen LogP contribution in [0.4, 0.5) is 5.69 Å². The zero-order valence-electron chi connectivity index (χ0n) is 9.70. The van der Waals surface area contributed by atoms with Gasteiger partial charge in [0.15, 0.2) is 0 Å². The molecular formula is C12H17N3. The van der Waals surface area contributed by atoms with Crippen molar-refractivity contribution < 1.29 is 0 Å². The molecule has 1 heterocycles. The van der Waals surface area contributed by atoms with Crippen molar-refractivity contribution in [1.82, 2.24) is 4.98 Å². The minimum absolute atomic E-state index is 0.202. The number of pyridine rings is 1. The minimum atomic E-state index is 0.202. The van der Waals surface area contributed by atoms with Crippen LogP contribution in [0.25, 0.3) is 0 Å². The van der Waals surface area contributed by atoms with Gasteiger partial charge in [-0.1, -0.05) is 20.8 Å². The van der Waals surface area contributed by atoms with Crippen LogP contribution in [0.15, 0.2) is 18.3 Å². The van der Waals surface area contributed by atoms with E-state index < -0.39 is 0 Å². The predicted molar refractivity (Wildman–Crippen MR) is 61.5 cm³/mol. The Kier molecular flexibility index (Phi) is 3.31. The van der Waals surface area contributed by atoms with Crippen molar-refractivity contribution in [2.24, 2.45) is 5.41 Å². The van der Waals surface area contributed by atoms with Crippen LogP contribution in [0, 0.1) is 16.7 Å². The molecule has 0 saturated heterocycles. The summed E-state index contributed by atoms with van der Waals surface area (Å²) in [6.45, 7) is 8.68. The molecule has 1 unspecified atom stereocenters. The summed E-state index contributed by atoms with van der Waals surface area (Å²) in [6, 6.07) is 5.96. The molecule has 80 valence electrons. The molecule has 1 N–H and O–H groups in total. The Morgan fingerprint density at radius 3 is 2.47 bits per heavy atom. The second kappa shape index (κ2) is 4.31. The van der Waals surface area contributed by atoms with Crippen molar-refractivity contribution in [3.63, 3.8) is 0 Å². The number of aromatic nitrogens is 1. The molecule has 1 aromatic rings. The van der Waals surface area contributed by atoms with Gasteiger partial charge in [-0.3, -0.25) is 0 Å². The van der Waals surface area contributed by atoms with E-state index in [0.29, 0.717) is 11.7 Å². The number of hydrogen-bond acceptors (Lipinski definition) is 3. The number of nitrogens with one attached hydrogen (secondary N) is 1. The second-order valence-corrected chi connectivity index (χ2v) is 4.78. The van der Waals surface area contributed by atoms with Gasteiger partial charge in [-0.05, 0) is 24.5 Å². The van der Waals surface area contributed by atoms with Gasteiger partial charge in [0.25, 0.3) is 0 Å². The van der Waals surface area contributed by atoms with Gasteiger partial charge in [0.1, 0.15) is 11.8 Å². The molecule has 0 aliphatic carbocycles. The topological polar surface area (TPSA) is 48.7 Å². The summed E-state index contributed by atoms with van der Waals surface area (Å²) < 4.78 is 0. The third-order valence-electron chi connectivity index (χ3n) is 2.56. The molecule has 0 saturated carbocycles. The number of anilines is 1. The fourth-order valence-corrected chi connectivity index (χ4v) is 1.01. The SMILES string of the molecule is CC(Nc1ccc(C#N)nc1)C(C)(C)C. The smallest absolute Gasteiger partial charge is 0.140 e. The molecule has 3 heteroatoms. The highest BCUT2D eigenvalue weighted by Gasteiger charge is 2.19. The van der Waals surface area contributed by atoms with Gasteiger partial charge in [0, 0.05) is 6.04 Å². The average molecular weight is 203 g/mol. The van der Waals surface area contributed by atoms with Crippen LogP contribution >= 0.6 is 0 Å². The summed E-state index contributed by atoms with van der Waals surface area (Å²) in [7, 11) is 0. The number of nitriles is 1. The fourth-order valence-electron chi connectivity index (χ4n) is 1.01. The predicted octanol–water partition coefficient (Wildman–Crippen LogP) is 2.80. The zero-order chi connectivity index (χ0) is 11.5. The van der Waals surface area contributed by atoms with Crippen LogP contribution in [0.3, 0.4) is 0 Å². The highest BCUT2D eigenvalue weighted by Crippen LogP contribution is 2.22. The van der Waals surface area contributed by atoms with Crippen LogP contribution in [-0.2, 0) is 0 Å². The van der Waals surface area contributed by atoms with Gasteiger partial charge >= 0.3 is 0 Å². The molecule has 15 heavy (non-hydrogen) atoms. The second-order valence-electron chi connectivity index (χ2n) is 4.78. The van der Waals surface area contributed by atoms with E-state index in [-0.39, 0.29) is 5.41 Å². The van der Waals surface area contributed by atoms with Crippen molar-refractivity contribution in [3.8, 4) is 6.07 Å². The number of nitrogens with zero attached hydrogens (tertiary/aromatic N) is 2. The van der Waals surface area contributed by atoms with E-state index in [1.54, 1.807) is 12.3 Å². The van der Waals surface area contributed by atoms with Crippen LogP contribution in [0.5, 0.6) is 0 Å². The normalized spacial score (nSPS) is 13.0. The largest absolute Gasteiger partial charge is 0.381 e. The van der Waals surface area contributed by atoms with Crippen molar-refractivity contribution in [2.45, 2.75) is 33.7 Å². The molecule has 1 rings (SSSR count). The van der Waals surface area contributed by atoms with E-state index in [4.69, 9.17) is 5.26 Å². The third kappa shape index (κ3) is 3.25. The van der Waals surface area contributed by atoms with E-state index in [0.717, 1.165) is 5.69 Å². The molecular weight excluding hydrogens is 186 g/mol. The maximum absolute atomic E-state index is 8.61. The Balaban J connectivity index is 2.70. The van der Waals surface area contributed by atoms with E-state index in [1.165, 1.54) is 0 Å². The zero-order valence-corrected chi connectivity index (χ0v) is 9.70. The molecule has 0 aliphatic heterocycles. The van der Waals surface area contributed by atoms with Crippen molar-refractivity contribution in [1.29, 1.82) is 5.26 Å². The maximum atomic E-state index is 8.61. The van der Waals surface area contributed by atoms with E-state index in [9.17, 15) is 0 Å². The lowest BCUT2D eigenvalue weighted by molar-refractivity contribution is 0.359. The highest BCUT2D eigenvalue weighted by atomic mass is 14.9. The highest BCUT2D eigenvalue weighted by molar-refractivity contribution is 5.43. The van der Waals surface area contributed by atoms with E-state index in [1.807, 2.05) is 12.1 Å². The Labute approximate surface area is 91.1 Å². The number of rotatable bonds is 2. The molecule has 1 atom stereocenters. The van der Waals surface area contributed by atoms with Crippen molar-refractivity contribution in [3.05, 3.63) is 24.0 Å². The van der Waals surface area contributed by atoms with Gasteiger partial charge in [-0.25, -0.2) is 4.98 Å². The first-order chi connectivity index (χ1) is 6.93. The van der Waals surface area contributed by atoms with Gasteiger partial charge < -0.3 is 5.32 Å². The summed E-state index contributed by atoms with van der Waals surface area (Å²) in [4.78, 5) is 4.01. The van der Waals surface area contributed by atoms with Crippen LogP contribution < -0.4 is 5.32 Å². The van der Waals surface area contributed by atoms with Gasteiger partial charge in [-0.2, -0.15) is 5.26 Å². The molecule has 0 bridgehead atoms. The Morgan fingerprint density at radius 2 is 2.07 bits per heavy atom. The first-order valence-corrected chi connectivity index (χ1v) is 5.06. The monoisotopic (exact) mass is 203 g/mol. The van der Waals surface area contributed by atoms with Gasteiger partial charge in [0.05, 0.1) is 11.9 Å². The molecule has 0 amide bonds. The Morgan fingerprint density at radius 1 is 1.40 bits per heavy atom. The fraction of sp³-hybridized carbons (Fsp3) is 0.500. The Hall–Kier alpha value is -1.56. The van der Waals surface area contributed by atoms with Gasteiger partial charge in [-0.15, -0.1) is 0 Å². The number of hydrogen-bond donors (Lipinski definition) is 1. The lowest BCUT2D eigenvalue weighted by Crippen LogP contribution is -2.30. The first-order valence-electron chi connectivity index (χ1n) is 5.06. The van der Waals surface area contributed by atoms with Crippen LogP contribution in [-0.4, -0.2) is 11.0 Å². The quantitative estimate of drug-likeness (QED) is 0.804. The molecule has 0 radical (unpaired) electrons. The van der Waals surface area contributed by atoms with Gasteiger partial charge in [0.2, 0.25) is 0 Å². The summed E-state index contributed by atoms with van der Waals surface area (Å²) in [5, 5.41) is 12.0. The summed E-state index contributed by atoms with van der Waals surface area (Å²) in [5.41, 5.74) is 1.61. The van der Waals surface area contributed by atoms with E-state index in [2.05, 4.69) is 38.0 Å². The lowest BCUT2D eigenvalue weighted by Gasteiger charge is -2.28. The molecule has 0 spiro atoms. The first kappa shape index (κ1) is 11.5. The third-order valence-corrected chi connectivity index (χ3v) is 2.56. The lowest BCUT2D eigenvalue weighted by atomic mass is 9.88. The molecule has 0 aliphatic rings. The average Bonchev–Trinajstić information content (AvgIpc) is 2.17. The standard InChI is InChI=1S/C12H17N3/c1-9(12(2,3)4)15-11-6-5-10(7-13)14-8-11/h5-6,8-9,15H,1-4H3. The van der Waals surface area contributed by atoms with Crippen LogP contribution in [0.1, 0.15) is 33.4 Å².